The number of amides is 2. The van der Waals surface area contributed by atoms with E-state index in [1.807, 2.05) is 40.1 Å². The second-order valence-corrected chi connectivity index (χ2v) is 8.93. The first-order valence-corrected chi connectivity index (χ1v) is 11.3. The molecule has 0 aliphatic carbocycles. The summed E-state index contributed by atoms with van der Waals surface area (Å²) in [7, 11) is 0. The fourth-order valence-electron chi connectivity index (χ4n) is 4.69. The van der Waals surface area contributed by atoms with Crippen LogP contribution in [-0.2, 0) is 4.79 Å². The second kappa shape index (κ2) is 10.0. The number of nitriles is 1. The first kappa shape index (κ1) is 22.8. The molecule has 10 heteroatoms. The molecule has 2 fully saturated rings. The lowest BCUT2D eigenvalue weighted by molar-refractivity contribution is -0.135. The number of hydrogen-bond donors (Lipinski definition) is 2. The Kier molecular flexibility index (Phi) is 6.94. The second-order valence-electron chi connectivity index (χ2n) is 8.49. The number of benzene rings is 1. The monoisotopic (exact) mass is 468 g/mol. The number of halogens is 1. The Morgan fingerprint density at radius 3 is 2.42 bits per heavy atom. The highest BCUT2D eigenvalue weighted by atomic mass is 35.5. The van der Waals surface area contributed by atoms with E-state index in [0.717, 1.165) is 5.56 Å². The summed E-state index contributed by atoms with van der Waals surface area (Å²) >= 11 is 6.03. The molecule has 2 N–H and O–H groups in total. The molecule has 33 heavy (non-hydrogen) atoms. The summed E-state index contributed by atoms with van der Waals surface area (Å²) in [5.41, 5.74) is 1.47. The van der Waals surface area contributed by atoms with Gasteiger partial charge in [0.1, 0.15) is 6.07 Å². The molecule has 2 amide bonds. The maximum absolute atomic E-state index is 13.3. The Hall–Kier alpha value is -3.38. The molecular weight excluding hydrogens is 444 g/mol. The van der Waals surface area contributed by atoms with Crippen LogP contribution in [0.25, 0.3) is 0 Å². The molecule has 4 rings (SSSR count). The van der Waals surface area contributed by atoms with E-state index in [4.69, 9.17) is 22.0 Å². The molecule has 0 saturated carbocycles. The van der Waals surface area contributed by atoms with Gasteiger partial charge in [-0.15, -0.1) is 0 Å². The topological polar surface area (TPSA) is 122 Å². The number of hydrogen-bond acceptors (Lipinski definition) is 6. The molecule has 2 atom stereocenters. The molecule has 3 heterocycles. The Labute approximate surface area is 197 Å². The lowest BCUT2D eigenvalue weighted by Crippen LogP contribution is -2.42. The lowest BCUT2D eigenvalue weighted by Gasteiger charge is -2.33. The molecule has 9 nitrogen and oxygen atoms in total. The first-order valence-electron chi connectivity index (χ1n) is 10.9. The quantitative estimate of drug-likeness (QED) is 0.691. The number of carbonyl (C=O) groups excluding carboxylic acids is 1. The minimum absolute atomic E-state index is 0.00152. The number of carbonyl (C=O) groups is 2. The van der Waals surface area contributed by atoms with Gasteiger partial charge in [-0.25, -0.2) is 14.8 Å². The molecule has 0 unspecified atom stereocenters. The Bertz CT molecular complexity index is 1030. The van der Waals surface area contributed by atoms with Crippen molar-refractivity contribution >= 4 is 29.5 Å². The summed E-state index contributed by atoms with van der Waals surface area (Å²) in [4.78, 5) is 36.8. The van der Waals surface area contributed by atoms with Crippen molar-refractivity contribution in [1.82, 2.24) is 20.2 Å². The van der Waals surface area contributed by atoms with Crippen LogP contribution in [0.4, 0.5) is 10.7 Å². The molecule has 1 aromatic heterocycles. The number of nitrogens with zero attached hydrogens (tertiary/aromatic N) is 5. The van der Waals surface area contributed by atoms with E-state index in [-0.39, 0.29) is 23.7 Å². The van der Waals surface area contributed by atoms with E-state index in [2.05, 4.69) is 15.3 Å². The van der Waals surface area contributed by atoms with E-state index in [1.165, 1.54) is 12.4 Å². The summed E-state index contributed by atoms with van der Waals surface area (Å²) in [5.74, 6) is 0.649. The predicted octanol–water partition coefficient (Wildman–Crippen LogP) is 2.73. The summed E-state index contributed by atoms with van der Waals surface area (Å²) in [6.45, 7) is 2.71. The first-order chi connectivity index (χ1) is 15.9. The van der Waals surface area contributed by atoms with E-state index < -0.39 is 6.09 Å². The van der Waals surface area contributed by atoms with Gasteiger partial charge in [0.2, 0.25) is 11.9 Å². The summed E-state index contributed by atoms with van der Waals surface area (Å²) in [6.07, 6.45) is 3.34. The van der Waals surface area contributed by atoms with Gasteiger partial charge >= 0.3 is 6.09 Å². The number of carboxylic acid groups (broad SMARTS) is 1. The van der Waals surface area contributed by atoms with Crippen LogP contribution in [0.5, 0.6) is 0 Å². The van der Waals surface area contributed by atoms with E-state index in [0.29, 0.717) is 62.1 Å². The van der Waals surface area contributed by atoms with Gasteiger partial charge in [0, 0.05) is 55.5 Å². The lowest BCUT2D eigenvalue weighted by atomic mass is 9.89. The maximum atomic E-state index is 13.3. The number of aromatic nitrogens is 2. The molecule has 2 saturated heterocycles. The zero-order valence-electron chi connectivity index (χ0n) is 18.0. The largest absolute Gasteiger partial charge is 0.465 e. The van der Waals surface area contributed by atoms with Gasteiger partial charge < -0.3 is 20.2 Å². The molecule has 2 aliphatic heterocycles. The molecular formula is C23H25ClN6O3. The van der Waals surface area contributed by atoms with E-state index >= 15 is 0 Å². The molecule has 2 aliphatic rings. The van der Waals surface area contributed by atoms with Crippen molar-refractivity contribution in [1.29, 1.82) is 5.26 Å². The minimum atomic E-state index is -1.06. The summed E-state index contributed by atoms with van der Waals surface area (Å²) in [6, 6.07) is 9.56. The minimum Gasteiger partial charge on any atom is -0.465 e. The molecule has 0 radical (unpaired) electrons. The SMILES string of the molecule is N#Cc1cnc(N2CCC(C(=O)N3C[C@H](CNC(=O)O)[C@H](c4ccc(Cl)cc4)C3)CC2)nc1. The van der Waals surface area contributed by atoms with Crippen LogP contribution in [-0.4, -0.2) is 64.7 Å². The van der Waals surface area contributed by atoms with E-state index in [9.17, 15) is 9.59 Å². The number of likely N-dealkylation sites (tertiary alicyclic amines) is 1. The van der Waals surface area contributed by atoms with Crippen LogP contribution in [0.3, 0.4) is 0 Å². The van der Waals surface area contributed by atoms with Crippen LogP contribution in [0.1, 0.15) is 29.9 Å². The van der Waals surface area contributed by atoms with Crippen molar-refractivity contribution in [2.24, 2.45) is 11.8 Å². The fourth-order valence-corrected chi connectivity index (χ4v) is 4.82. The predicted molar refractivity (Wildman–Crippen MR) is 122 cm³/mol. The smallest absolute Gasteiger partial charge is 0.404 e. The third-order valence-corrected chi connectivity index (χ3v) is 6.71. The Morgan fingerprint density at radius 2 is 1.82 bits per heavy atom. The molecule has 172 valence electrons. The standard InChI is InChI=1S/C23H25ClN6O3/c24-19-3-1-16(2-4-19)20-14-30(13-18(20)12-28-23(32)33)21(31)17-5-7-29(8-6-17)22-26-10-15(9-25)11-27-22/h1-4,10-11,17-18,20,28H,5-8,12-14H2,(H,32,33)/t18-,20-/m0/s1. The Balaban J connectivity index is 1.39. The van der Waals surface area contributed by atoms with Crippen molar-refractivity contribution in [3.05, 3.63) is 52.8 Å². The average Bonchev–Trinajstić information content (AvgIpc) is 3.27. The number of nitrogens with one attached hydrogen (secondary N) is 1. The van der Waals surface area contributed by atoms with Crippen LogP contribution in [0.2, 0.25) is 5.02 Å². The van der Waals surface area contributed by atoms with Gasteiger partial charge in [0.15, 0.2) is 0 Å². The normalized spacial score (nSPS) is 21.0. The van der Waals surface area contributed by atoms with E-state index in [1.54, 1.807) is 0 Å². The van der Waals surface area contributed by atoms with Gasteiger partial charge in [-0.3, -0.25) is 4.79 Å². The van der Waals surface area contributed by atoms with Crippen molar-refractivity contribution in [3.63, 3.8) is 0 Å². The van der Waals surface area contributed by atoms with Crippen LogP contribution in [0.15, 0.2) is 36.7 Å². The van der Waals surface area contributed by atoms with Crippen molar-refractivity contribution in [2.75, 3.05) is 37.6 Å². The third kappa shape index (κ3) is 5.34. The highest BCUT2D eigenvalue weighted by Crippen LogP contribution is 2.35. The van der Waals surface area contributed by atoms with Crippen molar-refractivity contribution < 1.29 is 14.7 Å². The molecule has 0 spiro atoms. The number of piperidine rings is 1. The third-order valence-electron chi connectivity index (χ3n) is 6.46. The highest BCUT2D eigenvalue weighted by Gasteiger charge is 2.39. The van der Waals surface area contributed by atoms with Crippen molar-refractivity contribution in [3.8, 4) is 6.07 Å². The van der Waals surface area contributed by atoms with Gasteiger partial charge in [-0.1, -0.05) is 23.7 Å². The summed E-state index contributed by atoms with van der Waals surface area (Å²) in [5, 5.41) is 21.1. The highest BCUT2D eigenvalue weighted by molar-refractivity contribution is 6.30. The summed E-state index contributed by atoms with van der Waals surface area (Å²) < 4.78 is 0. The zero-order valence-corrected chi connectivity index (χ0v) is 18.8. The van der Waals surface area contributed by atoms with Crippen LogP contribution in [0, 0.1) is 23.2 Å². The Morgan fingerprint density at radius 1 is 1.15 bits per heavy atom. The number of rotatable bonds is 5. The molecule has 2 aromatic rings. The van der Waals surface area contributed by atoms with Gasteiger partial charge in [0.05, 0.1) is 18.0 Å². The van der Waals surface area contributed by atoms with Crippen molar-refractivity contribution in [2.45, 2.75) is 18.8 Å². The zero-order chi connectivity index (χ0) is 23.4. The van der Waals surface area contributed by atoms with Crippen LogP contribution >= 0.6 is 11.6 Å². The fraction of sp³-hybridized carbons (Fsp3) is 0.435. The maximum Gasteiger partial charge on any atom is 0.404 e. The van der Waals surface area contributed by atoms with Crippen LogP contribution < -0.4 is 10.2 Å². The van der Waals surface area contributed by atoms with Gasteiger partial charge in [-0.05, 0) is 30.5 Å². The van der Waals surface area contributed by atoms with Gasteiger partial charge in [-0.2, -0.15) is 5.26 Å². The molecule has 1 aromatic carbocycles. The van der Waals surface area contributed by atoms with Gasteiger partial charge in [0.25, 0.3) is 0 Å². The molecule has 0 bridgehead atoms. The number of anilines is 1. The average molecular weight is 469 g/mol.